The standard InChI is InChI=1S/C21H36N4O3/c1-21(6-7-21)20(26)25-9-3-14(4-10-25)18-23-19(28-24-18)15-2-8-22-17(12-15)16-5-11-27-13-16/h14-19,22-24H,2-13H2,1H3. The van der Waals surface area contributed by atoms with E-state index in [4.69, 9.17) is 9.57 Å². The second kappa shape index (κ2) is 7.84. The van der Waals surface area contributed by atoms with E-state index in [0.29, 0.717) is 29.7 Å². The fourth-order valence-electron chi connectivity index (χ4n) is 5.56. The van der Waals surface area contributed by atoms with Crippen molar-refractivity contribution in [2.75, 3.05) is 32.8 Å². The Kier molecular flexibility index (Phi) is 5.39. The second-order valence-electron chi connectivity index (χ2n) is 9.96. The van der Waals surface area contributed by atoms with Crippen molar-refractivity contribution in [2.45, 2.75) is 70.3 Å². The van der Waals surface area contributed by atoms with Crippen molar-refractivity contribution >= 4 is 5.91 Å². The summed E-state index contributed by atoms with van der Waals surface area (Å²) in [5.41, 5.74) is 3.24. The number of likely N-dealkylation sites (tertiary alicyclic amines) is 1. The molecule has 1 amide bonds. The zero-order chi connectivity index (χ0) is 19.1. The molecule has 0 radical (unpaired) electrons. The predicted octanol–water partition coefficient (Wildman–Crippen LogP) is 1.21. The number of hydroxylamine groups is 1. The highest BCUT2D eigenvalue weighted by atomic mass is 16.7. The van der Waals surface area contributed by atoms with Crippen LogP contribution in [-0.2, 0) is 14.4 Å². The smallest absolute Gasteiger partial charge is 0.228 e. The van der Waals surface area contributed by atoms with Gasteiger partial charge in [0.2, 0.25) is 5.91 Å². The van der Waals surface area contributed by atoms with Crippen LogP contribution >= 0.6 is 0 Å². The van der Waals surface area contributed by atoms with Gasteiger partial charge in [-0.05, 0) is 63.3 Å². The Bertz CT molecular complexity index is 570. The summed E-state index contributed by atoms with van der Waals surface area (Å²) in [5, 5.41) is 7.43. The Morgan fingerprint density at radius 3 is 2.61 bits per heavy atom. The van der Waals surface area contributed by atoms with Crippen molar-refractivity contribution in [3.8, 4) is 0 Å². The monoisotopic (exact) mass is 392 g/mol. The van der Waals surface area contributed by atoms with Gasteiger partial charge in [0.15, 0.2) is 0 Å². The molecular weight excluding hydrogens is 356 g/mol. The molecule has 5 aliphatic rings. The van der Waals surface area contributed by atoms with Crippen LogP contribution in [0.15, 0.2) is 0 Å². The fourth-order valence-corrected chi connectivity index (χ4v) is 5.56. The average Bonchev–Trinajstić information content (AvgIpc) is 3.17. The Hall–Kier alpha value is -0.730. The lowest BCUT2D eigenvalue weighted by atomic mass is 9.84. The first-order chi connectivity index (χ1) is 13.6. The van der Waals surface area contributed by atoms with E-state index in [2.05, 4.69) is 27.9 Å². The third-order valence-electron chi connectivity index (χ3n) is 7.92. The van der Waals surface area contributed by atoms with Crippen LogP contribution in [0, 0.1) is 23.2 Å². The molecule has 0 aromatic heterocycles. The van der Waals surface area contributed by atoms with Crippen LogP contribution in [0.4, 0.5) is 0 Å². The number of hydrogen-bond donors (Lipinski definition) is 3. The van der Waals surface area contributed by atoms with Gasteiger partial charge in [-0.3, -0.25) is 14.9 Å². The molecule has 5 atom stereocenters. The molecule has 7 heteroatoms. The van der Waals surface area contributed by atoms with Gasteiger partial charge >= 0.3 is 0 Å². The van der Waals surface area contributed by atoms with E-state index < -0.39 is 0 Å². The summed E-state index contributed by atoms with van der Waals surface area (Å²) in [6, 6.07) is 0.559. The minimum Gasteiger partial charge on any atom is -0.381 e. The quantitative estimate of drug-likeness (QED) is 0.668. The normalized spacial score (nSPS) is 41.3. The molecule has 158 valence electrons. The highest BCUT2D eigenvalue weighted by Gasteiger charge is 2.48. The molecule has 7 nitrogen and oxygen atoms in total. The molecule has 0 spiro atoms. The van der Waals surface area contributed by atoms with E-state index in [1.807, 2.05) is 0 Å². The van der Waals surface area contributed by atoms with Gasteiger partial charge in [-0.15, -0.1) is 0 Å². The van der Waals surface area contributed by atoms with E-state index in [-0.39, 0.29) is 17.8 Å². The Labute approximate surface area is 168 Å². The van der Waals surface area contributed by atoms with Crippen molar-refractivity contribution in [2.24, 2.45) is 23.2 Å². The minimum absolute atomic E-state index is 0.0409. The molecule has 0 bridgehead atoms. The molecule has 4 saturated heterocycles. The number of rotatable bonds is 4. The zero-order valence-electron chi connectivity index (χ0n) is 17.1. The maximum atomic E-state index is 12.6. The SMILES string of the molecule is CC1(C(=O)N2CCC(C3NOC(C4CCNC(C5CCOC5)C4)N3)CC2)CC1. The summed E-state index contributed by atoms with van der Waals surface area (Å²) in [5.74, 6) is 2.11. The van der Waals surface area contributed by atoms with E-state index in [1.54, 1.807) is 0 Å². The summed E-state index contributed by atoms with van der Waals surface area (Å²) in [6.45, 7) is 6.78. The molecule has 0 aromatic carbocycles. The number of carbonyl (C=O) groups is 1. The largest absolute Gasteiger partial charge is 0.381 e. The molecule has 4 aliphatic heterocycles. The molecule has 3 N–H and O–H groups in total. The molecule has 0 aromatic rings. The summed E-state index contributed by atoms with van der Waals surface area (Å²) < 4.78 is 5.59. The topological polar surface area (TPSA) is 74.9 Å². The van der Waals surface area contributed by atoms with Crippen LogP contribution in [0.1, 0.15) is 51.9 Å². The van der Waals surface area contributed by atoms with E-state index in [0.717, 1.165) is 71.4 Å². The Morgan fingerprint density at radius 2 is 1.89 bits per heavy atom. The maximum Gasteiger partial charge on any atom is 0.228 e. The molecule has 4 heterocycles. The summed E-state index contributed by atoms with van der Waals surface area (Å²) in [4.78, 5) is 20.7. The van der Waals surface area contributed by atoms with Crippen LogP contribution in [0.2, 0.25) is 0 Å². The van der Waals surface area contributed by atoms with Crippen molar-refractivity contribution in [3.63, 3.8) is 0 Å². The molecule has 5 fully saturated rings. The van der Waals surface area contributed by atoms with Gasteiger partial charge < -0.3 is 15.0 Å². The number of carbonyl (C=O) groups excluding carboxylic acids is 1. The average molecular weight is 393 g/mol. The zero-order valence-corrected chi connectivity index (χ0v) is 17.1. The van der Waals surface area contributed by atoms with Gasteiger partial charge in [0.05, 0.1) is 12.8 Å². The number of nitrogens with zero attached hydrogens (tertiary/aromatic N) is 1. The van der Waals surface area contributed by atoms with Gasteiger partial charge in [0.25, 0.3) is 0 Å². The molecule has 5 rings (SSSR count). The molecule has 28 heavy (non-hydrogen) atoms. The third-order valence-corrected chi connectivity index (χ3v) is 7.92. The third kappa shape index (κ3) is 3.84. The number of hydrogen-bond acceptors (Lipinski definition) is 6. The lowest BCUT2D eigenvalue weighted by Crippen LogP contribution is -2.51. The number of piperidine rings is 2. The van der Waals surface area contributed by atoms with Crippen LogP contribution in [-0.4, -0.2) is 62.1 Å². The number of ether oxygens (including phenoxy) is 1. The van der Waals surface area contributed by atoms with Crippen molar-refractivity contribution in [1.29, 1.82) is 0 Å². The van der Waals surface area contributed by atoms with Crippen LogP contribution in [0.5, 0.6) is 0 Å². The van der Waals surface area contributed by atoms with E-state index in [1.165, 1.54) is 6.42 Å². The molecule has 5 unspecified atom stereocenters. The highest BCUT2D eigenvalue weighted by Crippen LogP contribution is 2.47. The van der Waals surface area contributed by atoms with Crippen LogP contribution < -0.4 is 16.1 Å². The van der Waals surface area contributed by atoms with Gasteiger partial charge in [-0.1, -0.05) is 6.92 Å². The lowest BCUT2D eigenvalue weighted by Gasteiger charge is -2.37. The van der Waals surface area contributed by atoms with Crippen LogP contribution in [0.3, 0.4) is 0 Å². The second-order valence-corrected chi connectivity index (χ2v) is 9.96. The highest BCUT2D eigenvalue weighted by molar-refractivity contribution is 5.84. The van der Waals surface area contributed by atoms with Crippen LogP contribution in [0.25, 0.3) is 0 Å². The Balaban J connectivity index is 1.10. The fraction of sp³-hybridized carbons (Fsp3) is 0.952. The van der Waals surface area contributed by atoms with Gasteiger partial charge in [0, 0.05) is 37.1 Å². The van der Waals surface area contributed by atoms with Gasteiger partial charge in [-0.25, -0.2) is 0 Å². The van der Waals surface area contributed by atoms with Crippen molar-refractivity contribution in [1.82, 2.24) is 21.0 Å². The molecule has 1 saturated carbocycles. The van der Waals surface area contributed by atoms with E-state index in [9.17, 15) is 4.79 Å². The lowest BCUT2D eigenvalue weighted by molar-refractivity contribution is -0.138. The first-order valence-corrected chi connectivity index (χ1v) is 11.4. The first kappa shape index (κ1) is 19.2. The minimum atomic E-state index is -0.0409. The molecule has 1 aliphatic carbocycles. The van der Waals surface area contributed by atoms with Crippen molar-refractivity contribution in [3.05, 3.63) is 0 Å². The van der Waals surface area contributed by atoms with Crippen molar-refractivity contribution < 1.29 is 14.4 Å². The summed E-state index contributed by atoms with van der Waals surface area (Å²) in [6.07, 6.45) is 8.04. The number of amides is 1. The summed E-state index contributed by atoms with van der Waals surface area (Å²) in [7, 11) is 0. The Morgan fingerprint density at radius 1 is 1.07 bits per heavy atom. The molecular formula is C21H36N4O3. The maximum absolute atomic E-state index is 12.6. The predicted molar refractivity (Wildman–Crippen MR) is 105 cm³/mol. The number of nitrogens with one attached hydrogen (secondary N) is 3. The van der Waals surface area contributed by atoms with Gasteiger partial charge in [-0.2, -0.15) is 5.48 Å². The van der Waals surface area contributed by atoms with Gasteiger partial charge in [0.1, 0.15) is 6.23 Å². The first-order valence-electron chi connectivity index (χ1n) is 11.4. The van der Waals surface area contributed by atoms with E-state index >= 15 is 0 Å². The summed E-state index contributed by atoms with van der Waals surface area (Å²) >= 11 is 0.